The van der Waals surface area contributed by atoms with Gasteiger partial charge in [0.2, 0.25) is 5.91 Å². The molecule has 5 heteroatoms. The van der Waals surface area contributed by atoms with Gasteiger partial charge in [-0.2, -0.15) is 0 Å². The molecule has 1 aliphatic rings. The van der Waals surface area contributed by atoms with Crippen LogP contribution in [-0.2, 0) is 17.6 Å². The second-order valence-corrected chi connectivity index (χ2v) is 6.07. The van der Waals surface area contributed by atoms with Crippen molar-refractivity contribution < 1.29 is 4.79 Å². The lowest BCUT2D eigenvalue weighted by molar-refractivity contribution is -0.118. The van der Waals surface area contributed by atoms with Crippen molar-refractivity contribution in [3.63, 3.8) is 0 Å². The highest BCUT2D eigenvalue weighted by atomic mass is 32.2. The number of benzene rings is 1. The van der Waals surface area contributed by atoms with Crippen LogP contribution in [0.2, 0.25) is 0 Å². The van der Waals surface area contributed by atoms with Crippen molar-refractivity contribution in [2.75, 3.05) is 12.8 Å². The molecule has 0 fully saturated rings. The highest BCUT2D eigenvalue weighted by Gasteiger charge is 2.21. The predicted octanol–water partition coefficient (Wildman–Crippen LogP) is 2.59. The monoisotopic (exact) mass is 301 g/mol. The van der Waals surface area contributed by atoms with Crippen LogP contribution >= 0.6 is 11.8 Å². The molecule has 0 bridgehead atoms. The standard InChI is InChI=1S/C16H19N3OS/c1-17-15(20)11-21-16-18-13-9-5-6-10-14(13)19(16)12-7-3-2-4-8-12/h2-4,7-8H,5-6,9-11H2,1H3,(H,17,20). The molecule has 1 aliphatic carbocycles. The molecule has 3 rings (SSSR count). The van der Waals surface area contributed by atoms with E-state index in [1.54, 1.807) is 7.05 Å². The Morgan fingerprint density at radius 1 is 1.29 bits per heavy atom. The quantitative estimate of drug-likeness (QED) is 0.883. The Bertz CT molecular complexity index is 636. The third kappa shape index (κ3) is 2.97. The topological polar surface area (TPSA) is 46.9 Å². The smallest absolute Gasteiger partial charge is 0.230 e. The van der Waals surface area contributed by atoms with E-state index in [-0.39, 0.29) is 5.91 Å². The molecule has 0 saturated carbocycles. The van der Waals surface area contributed by atoms with Crippen molar-refractivity contribution in [3.8, 4) is 5.69 Å². The van der Waals surface area contributed by atoms with E-state index >= 15 is 0 Å². The Kier molecular flexibility index (Phi) is 4.29. The number of aromatic nitrogens is 2. The van der Waals surface area contributed by atoms with Crippen LogP contribution in [0.5, 0.6) is 0 Å². The molecule has 0 aliphatic heterocycles. The number of hydrogen-bond acceptors (Lipinski definition) is 3. The third-order valence-electron chi connectivity index (χ3n) is 3.73. The average Bonchev–Trinajstić information content (AvgIpc) is 2.91. The molecule has 0 saturated heterocycles. The predicted molar refractivity (Wildman–Crippen MR) is 85.0 cm³/mol. The number of rotatable bonds is 4. The van der Waals surface area contributed by atoms with E-state index in [9.17, 15) is 4.79 Å². The first-order valence-corrected chi connectivity index (χ1v) is 8.27. The second kappa shape index (κ2) is 6.35. The molecule has 0 spiro atoms. The first kappa shape index (κ1) is 14.2. The van der Waals surface area contributed by atoms with Crippen LogP contribution < -0.4 is 5.32 Å². The van der Waals surface area contributed by atoms with Crippen molar-refractivity contribution in [2.45, 2.75) is 30.8 Å². The Morgan fingerprint density at radius 3 is 2.81 bits per heavy atom. The SMILES string of the molecule is CNC(=O)CSc1nc2c(n1-c1ccccc1)CCCC2. The minimum absolute atomic E-state index is 0.0283. The summed E-state index contributed by atoms with van der Waals surface area (Å²) in [6, 6.07) is 10.3. The molecule has 1 N–H and O–H groups in total. The van der Waals surface area contributed by atoms with Gasteiger partial charge in [-0.3, -0.25) is 9.36 Å². The van der Waals surface area contributed by atoms with Gasteiger partial charge in [0.1, 0.15) is 0 Å². The zero-order valence-corrected chi connectivity index (χ0v) is 12.9. The van der Waals surface area contributed by atoms with Crippen molar-refractivity contribution in [3.05, 3.63) is 41.7 Å². The fourth-order valence-electron chi connectivity index (χ4n) is 2.66. The maximum absolute atomic E-state index is 11.5. The van der Waals surface area contributed by atoms with E-state index in [0.717, 1.165) is 23.7 Å². The summed E-state index contributed by atoms with van der Waals surface area (Å²) in [6.45, 7) is 0. The number of carbonyl (C=O) groups excluding carboxylic acids is 1. The van der Waals surface area contributed by atoms with Crippen LogP contribution in [0.15, 0.2) is 35.5 Å². The van der Waals surface area contributed by atoms with Crippen LogP contribution in [0.1, 0.15) is 24.2 Å². The summed E-state index contributed by atoms with van der Waals surface area (Å²) in [6.07, 6.45) is 4.53. The van der Waals surface area contributed by atoms with Gasteiger partial charge in [0, 0.05) is 18.4 Å². The van der Waals surface area contributed by atoms with Crippen molar-refractivity contribution in [1.82, 2.24) is 14.9 Å². The minimum Gasteiger partial charge on any atom is -0.358 e. The second-order valence-electron chi connectivity index (χ2n) is 5.13. The summed E-state index contributed by atoms with van der Waals surface area (Å²) < 4.78 is 2.22. The summed E-state index contributed by atoms with van der Waals surface area (Å²) in [5, 5.41) is 3.59. The van der Waals surface area contributed by atoms with Crippen molar-refractivity contribution >= 4 is 17.7 Å². The number of nitrogens with one attached hydrogen (secondary N) is 1. The largest absolute Gasteiger partial charge is 0.358 e. The summed E-state index contributed by atoms with van der Waals surface area (Å²) >= 11 is 1.51. The van der Waals surface area contributed by atoms with Gasteiger partial charge in [-0.15, -0.1) is 0 Å². The number of fused-ring (bicyclic) bond motifs is 1. The van der Waals surface area contributed by atoms with E-state index in [1.807, 2.05) is 18.2 Å². The number of imidazole rings is 1. The molecule has 4 nitrogen and oxygen atoms in total. The Morgan fingerprint density at radius 2 is 2.05 bits per heavy atom. The first-order chi connectivity index (χ1) is 10.3. The number of thioether (sulfide) groups is 1. The lowest BCUT2D eigenvalue weighted by atomic mass is 10.0. The van der Waals surface area contributed by atoms with Gasteiger partial charge in [0.05, 0.1) is 11.4 Å². The molecule has 2 aromatic rings. The van der Waals surface area contributed by atoms with Crippen molar-refractivity contribution in [2.24, 2.45) is 0 Å². The molecule has 0 unspecified atom stereocenters. The molecule has 0 radical (unpaired) electrons. The van der Waals surface area contributed by atoms with Crippen LogP contribution in [0.25, 0.3) is 5.69 Å². The molecule has 0 atom stereocenters. The fraction of sp³-hybridized carbons (Fsp3) is 0.375. The molecular weight excluding hydrogens is 282 g/mol. The number of aryl methyl sites for hydroxylation is 1. The zero-order valence-electron chi connectivity index (χ0n) is 12.1. The molecule has 110 valence electrons. The van der Waals surface area contributed by atoms with Crippen LogP contribution in [0, 0.1) is 0 Å². The van der Waals surface area contributed by atoms with Crippen LogP contribution in [0.4, 0.5) is 0 Å². The number of hydrogen-bond donors (Lipinski definition) is 1. The molecule has 1 amide bonds. The number of nitrogens with zero attached hydrogens (tertiary/aromatic N) is 2. The van der Waals surface area contributed by atoms with Gasteiger partial charge in [-0.1, -0.05) is 30.0 Å². The van der Waals surface area contributed by atoms with Crippen molar-refractivity contribution in [1.29, 1.82) is 0 Å². The van der Waals surface area contributed by atoms with Crippen LogP contribution in [-0.4, -0.2) is 28.3 Å². The molecule has 1 aromatic heterocycles. The van der Waals surface area contributed by atoms with E-state index < -0.39 is 0 Å². The fourth-order valence-corrected chi connectivity index (χ4v) is 3.58. The van der Waals surface area contributed by atoms with E-state index in [2.05, 4.69) is 22.0 Å². The third-order valence-corrected chi connectivity index (χ3v) is 4.67. The Balaban J connectivity index is 1.98. The zero-order chi connectivity index (χ0) is 14.7. The van der Waals surface area contributed by atoms with Gasteiger partial charge in [-0.05, 0) is 37.8 Å². The highest BCUT2D eigenvalue weighted by molar-refractivity contribution is 7.99. The van der Waals surface area contributed by atoms with Gasteiger partial charge >= 0.3 is 0 Å². The molecular formula is C16H19N3OS. The van der Waals surface area contributed by atoms with E-state index in [0.29, 0.717) is 5.75 Å². The summed E-state index contributed by atoms with van der Waals surface area (Å²) in [7, 11) is 1.66. The summed E-state index contributed by atoms with van der Waals surface area (Å²) in [5.74, 6) is 0.430. The Hall–Kier alpha value is -1.75. The average molecular weight is 301 g/mol. The maximum atomic E-state index is 11.5. The lowest BCUT2D eigenvalue weighted by Crippen LogP contribution is -2.20. The van der Waals surface area contributed by atoms with E-state index in [4.69, 9.17) is 4.98 Å². The van der Waals surface area contributed by atoms with Gasteiger partial charge < -0.3 is 5.32 Å². The summed E-state index contributed by atoms with van der Waals surface area (Å²) in [5.41, 5.74) is 3.64. The number of carbonyl (C=O) groups is 1. The molecule has 21 heavy (non-hydrogen) atoms. The maximum Gasteiger partial charge on any atom is 0.230 e. The summed E-state index contributed by atoms with van der Waals surface area (Å²) in [4.78, 5) is 16.3. The highest BCUT2D eigenvalue weighted by Crippen LogP contribution is 2.30. The molecule has 1 heterocycles. The van der Waals surface area contributed by atoms with Gasteiger partial charge in [0.15, 0.2) is 5.16 Å². The first-order valence-electron chi connectivity index (χ1n) is 7.29. The minimum atomic E-state index is 0.0283. The Labute approximate surface area is 129 Å². The van der Waals surface area contributed by atoms with E-state index in [1.165, 1.54) is 36.0 Å². The lowest BCUT2D eigenvalue weighted by Gasteiger charge is -2.15. The number of amides is 1. The molecule has 1 aromatic carbocycles. The van der Waals surface area contributed by atoms with Crippen LogP contribution in [0.3, 0.4) is 0 Å². The van der Waals surface area contributed by atoms with Gasteiger partial charge in [0.25, 0.3) is 0 Å². The number of para-hydroxylation sites is 1. The normalized spacial score (nSPS) is 13.8. The van der Waals surface area contributed by atoms with Gasteiger partial charge in [-0.25, -0.2) is 4.98 Å².